The van der Waals surface area contributed by atoms with Crippen LogP contribution >= 0.6 is 0 Å². The molecule has 3 heterocycles. The monoisotopic (exact) mass is 395 g/mol. The molecule has 1 aromatic carbocycles. The lowest BCUT2D eigenvalue weighted by Crippen LogP contribution is -2.23. The number of halogens is 1. The molecule has 7 nitrogen and oxygen atoms in total. The lowest BCUT2D eigenvalue weighted by Gasteiger charge is -2.22. The number of nitrogens with one attached hydrogen (secondary N) is 2. The normalized spacial score (nSPS) is 16.2. The van der Waals surface area contributed by atoms with Gasteiger partial charge in [-0.2, -0.15) is 10.1 Å². The lowest BCUT2D eigenvalue weighted by atomic mass is 10.1. The average Bonchev–Trinajstić information content (AvgIpc) is 3.38. The molecule has 8 heteroatoms. The number of nitrogens with zero attached hydrogens (tertiary/aromatic N) is 3. The molecule has 1 aliphatic heterocycles. The third-order valence-corrected chi connectivity index (χ3v) is 4.96. The fourth-order valence-corrected chi connectivity index (χ4v) is 3.49. The highest BCUT2D eigenvalue weighted by molar-refractivity contribution is 5.70. The fourth-order valence-electron chi connectivity index (χ4n) is 3.49. The molecule has 1 saturated heterocycles. The molecule has 0 radical (unpaired) electrons. The minimum Gasteiger partial charge on any atom is -0.497 e. The number of anilines is 2. The molecule has 4 rings (SSSR count). The Morgan fingerprint density at radius 3 is 2.83 bits per heavy atom. The highest BCUT2D eigenvalue weighted by Crippen LogP contribution is 2.34. The molecular weight excluding hydrogens is 373 g/mol. The number of hydrogen-bond acceptors (Lipinski definition) is 6. The van der Waals surface area contributed by atoms with Crippen LogP contribution in [0.25, 0.3) is 11.1 Å². The van der Waals surface area contributed by atoms with Crippen molar-refractivity contribution in [2.75, 3.05) is 31.0 Å². The van der Waals surface area contributed by atoms with Gasteiger partial charge in [-0.15, -0.1) is 0 Å². The summed E-state index contributed by atoms with van der Waals surface area (Å²) in [6, 6.07) is 8.40. The predicted molar refractivity (Wildman–Crippen MR) is 110 cm³/mol. The first-order valence-corrected chi connectivity index (χ1v) is 9.20. The molecule has 1 atom stereocenters. The van der Waals surface area contributed by atoms with Crippen molar-refractivity contribution < 1.29 is 13.9 Å². The summed E-state index contributed by atoms with van der Waals surface area (Å²) < 4.78 is 24.4. The number of hydrogen-bond donors (Lipinski definition) is 2. The largest absolute Gasteiger partial charge is 0.497 e. The van der Waals surface area contributed by atoms with Gasteiger partial charge >= 0.3 is 0 Å². The Morgan fingerprint density at radius 1 is 1.24 bits per heavy atom. The molecule has 0 aliphatic carbocycles. The number of pyridine rings is 1. The van der Waals surface area contributed by atoms with E-state index in [0.717, 1.165) is 35.6 Å². The molecule has 1 unspecified atom stereocenters. The zero-order valence-corrected chi connectivity index (χ0v) is 16.3. The summed E-state index contributed by atoms with van der Waals surface area (Å²) >= 11 is 0. The number of H-pyrrole nitrogens is 1. The number of methoxy groups -OCH3 is 2. The van der Waals surface area contributed by atoms with Crippen LogP contribution in [-0.4, -0.2) is 42.0 Å². The number of ether oxygens (including phenoxy) is 2. The van der Waals surface area contributed by atoms with Gasteiger partial charge in [-0.05, 0) is 24.6 Å². The van der Waals surface area contributed by atoms with Gasteiger partial charge in [-0.25, -0.2) is 4.39 Å². The summed E-state index contributed by atoms with van der Waals surface area (Å²) in [5.74, 6) is 1.38. The van der Waals surface area contributed by atoms with Gasteiger partial charge in [0.1, 0.15) is 17.4 Å². The zero-order valence-electron chi connectivity index (χ0n) is 16.3. The second-order valence-electron chi connectivity index (χ2n) is 6.72. The van der Waals surface area contributed by atoms with E-state index in [9.17, 15) is 4.39 Å². The topological polar surface area (TPSA) is 75.3 Å². The van der Waals surface area contributed by atoms with Gasteiger partial charge in [0.15, 0.2) is 0 Å². The highest BCUT2D eigenvalue weighted by Gasteiger charge is 2.28. The van der Waals surface area contributed by atoms with Crippen molar-refractivity contribution in [3.8, 4) is 22.8 Å². The van der Waals surface area contributed by atoms with Crippen LogP contribution in [0.5, 0.6) is 11.6 Å². The Labute approximate surface area is 168 Å². The first-order chi connectivity index (χ1) is 14.1. The van der Waals surface area contributed by atoms with Crippen molar-refractivity contribution in [1.29, 1.82) is 0 Å². The van der Waals surface area contributed by atoms with E-state index in [4.69, 9.17) is 9.47 Å². The maximum absolute atomic E-state index is 13.8. The third kappa shape index (κ3) is 3.73. The van der Waals surface area contributed by atoms with Crippen LogP contribution in [0.4, 0.5) is 15.9 Å². The van der Waals surface area contributed by atoms with E-state index in [1.54, 1.807) is 25.6 Å². The summed E-state index contributed by atoms with van der Waals surface area (Å²) in [7, 11) is 3.11. The van der Waals surface area contributed by atoms with Crippen LogP contribution in [-0.2, 0) is 0 Å². The molecular formula is C21H22FN5O2. The minimum absolute atomic E-state index is 0.0390. The van der Waals surface area contributed by atoms with E-state index in [-0.39, 0.29) is 11.9 Å². The first kappa shape index (κ1) is 18.8. The number of rotatable bonds is 6. The van der Waals surface area contributed by atoms with Crippen LogP contribution in [0.2, 0.25) is 0 Å². The molecule has 150 valence electrons. The molecule has 0 amide bonds. The Hall–Kier alpha value is -3.55. The van der Waals surface area contributed by atoms with Crippen LogP contribution in [0, 0.1) is 5.82 Å². The van der Waals surface area contributed by atoms with E-state index in [2.05, 4.69) is 27.1 Å². The van der Waals surface area contributed by atoms with Crippen LogP contribution in [0.15, 0.2) is 55.0 Å². The molecule has 0 saturated carbocycles. The van der Waals surface area contributed by atoms with Crippen molar-refractivity contribution in [2.24, 2.45) is 0 Å². The van der Waals surface area contributed by atoms with Gasteiger partial charge in [0, 0.05) is 47.4 Å². The minimum atomic E-state index is -0.353. The average molecular weight is 395 g/mol. The Bertz CT molecular complexity index is 1020. The first-order valence-electron chi connectivity index (χ1n) is 9.20. The zero-order chi connectivity index (χ0) is 20.4. The highest BCUT2D eigenvalue weighted by atomic mass is 19.1. The molecule has 2 N–H and O–H groups in total. The summed E-state index contributed by atoms with van der Waals surface area (Å²) in [4.78, 5) is 6.69. The van der Waals surface area contributed by atoms with Crippen molar-refractivity contribution in [3.63, 3.8) is 0 Å². The Kier molecular flexibility index (Phi) is 5.07. The molecule has 3 aromatic rings. The number of aromatic nitrogens is 3. The maximum Gasteiger partial charge on any atom is 0.223 e. The number of aromatic amines is 1. The van der Waals surface area contributed by atoms with E-state index < -0.39 is 0 Å². The Morgan fingerprint density at radius 2 is 2.10 bits per heavy atom. The van der Waals surface area contributed by atoms with Crippen molar-refractivity contribution in [3.05, 3.63) is 60.8 Å². The maximum atomic E-state index is 13.8. The molecule has 1 aliphatic rings. The quantitative estimate of drug-likeness (QED) is 0.661. The van der Waals surface area contributed by atoms with Gasteiger partial charge in [0.25, 0.3) is 0 Å². The second-order valence-corrected chi connectivity index (χ2v) is 6.72. The van der Waals surface area contributed by atoms with E-state index in [0.29, 0.717) is 17.3 Å². The summed E-state index contributed by atoms with van der Waals surface area (Å²) in [6.07, 6.45) is 4.33. The summed E-state index contributed by atoms with van der Waals surface area (Å²) in [5, 5.41) is 10.1. The van der Waals surface area contributed by atoms with E-state index in [1.165, 1.54) is 19.2 Å². The van der Waals surface area contributed by atoms with Gasteiger partial charge in [0.2, 0.25) is 5.88 Å². The summed E-state index contributed by atoms with van der Waals surface area (Å²) in [6.45, 7) is 4.97. The molecule has 2 aromatic heterocycles. The van der Waals surface area contributed by atoms with Gasteiger partial charge < -0.3 is 19.7 Å². The lowest BCUT2D eigenvalue weighted by molar-refractivity contribution is 0.400. The van der Waals surface area contributed by atoms with Gasteiger partial charge in [-0.3, -0.25) is 5.10 Å². The van der Waals surface area contributed by atoms with Crippen LogP contribution < -0.4 is 19.7 Å². The smallest absolute Gasteiger partial charge is 0.223 e. The van der Waals surface area contributed by atoms with Gasteiger partial charge in [-0.1, -0.05) is 6.58 Å². The molecule has 29 heavy (non-hydrogen) atoms. The van der Waals surface area contributed by atoms with Gasteiger partial charge in [0.05, 0.1) is 26.5 Å². The molecule has 0 bridgehead atoms. The van der Waals surface area contributed by atoms with Crippen LogP contribution in [0.1, 0.15) is 6.42 Å². The Balaban J connectivity index is 1.54. The van der Waals surface area contributed by atoms with Crippen LogP contribution in [0.3, 0.4) is 0 Å². The summed E-state index contributed by atoms with van der Waals surface area (Å²) in [5.41, 5.74) is 3.27. The SMILES string of the molecule is C=C1C(Nc2cc(F)cc(OC)c2)CCN1c1ccc(-c2cn[nH]c2)c(OC)n1. The second kappa shape index (κ2) is 7.83. The molecule has 1 fully saturated rings. The molecule has 0 spiro atoms. The third-order valence-electron chi connectivity index (χ3n) is 4.96. The fraction of sp³-hybridized carbons (Fsp3) is 0.238. The van der Waals surface area contributed by atoms with Crippen molar-refractivity contribution >= 4 is 11.5 Å². The standard InChI is InChI=1S/C21H22FN5O2/c1-13-19(25-16-8-15(22)9-17(10-16)28-2)6-7-27(13)20-5-4-18(21(26-20)29-3)14-11-23-24-12-14/h4-5,8-12,19,25H,1,6-7H2,2-3H3,(H,23,24). The van der Waals surface area contributed by atoms with Crippen molar-refractivity contribution in [1.82, 2.24) is 15.2 Å². The van der Waals surface area contributed by atoms with Crippen molar-refractivity contribution in [2.45, 2.75) is 12.5 Å². The predicted octanol–water partition coefficient (Wildman–Crippen LogP) is 3.83. The van der Waals surface area contributed by atoms with E-state index >= 15 is 0 Å². The van der Waals surface area contributed by atoms with E-state index in [1.807, 2.05) is 17.0 Å². The number of benzene rings is 1.